The molecule has 0 unspecified atom stereocenters. The smallest absolute Gasteiger partial charge is 0.271 e. The molecule has 0 aliphatic carbocycles. The number of carbonyl (C=O) groups excluding carboxylic acids is 1. The fourth-order valence-electron chi connectivity index (χ4n) is 1.90. The third-order valence-electron chi connectivity index (χ3n) is 3.06. The maximum atomic E-state index is 12.1. The fourth-order valence-corrected chi connectivity index (χ4v) is 3.95. The number of thiophene rings is 1. The molecule has 2 heterocycles. The molecule has 3 rings (SSSR count). The third kappa shape index (κ3) is 4.34. The Bertz CT molecular complexity index is 961. The number of furan rings is 1. The number of hydrogen-bond acceptors (Lipinski definition) is 6. The van der Waals surface area contributed by atoms with E-state index in [1.165, 1.54) is 42.8 Å². The van der Waals surface area contributed by atoms with Gasteiger partial charge in [-0.2, -0.15) is 5.10 Å². The summed E-state index contributed by atoms with van der Waals surface area (Å²) in [6.45, 7) is 0. The minimum atomic E-state index is -3.61. The summed E-state index contributed by atoms with van der Waals surface area (Å²) >= 11 is 1.13. The van der Waals surface area contributed by atoms with E-state index in [4.69, 9.17) is 4.42 Å². The van der Waals surface area contributed by atoms with Crippen LogP contribution in [0.2, 0.25) is 0 Å². The van der Waals surface area contributed by atoms with Gasteiger partial charge in [0.2, 0.25) is 0 Å². The van der Waals surface area contributed by atoms with Crippen molar-refractivity contribution in [2.75, 3.05) is 4.72 Å². The lowest BCUT2D eigenvalue weighted by Crippen LogP contribution is -2.17. The monoisotopic (exact) mass is 375 g/mol. The second-order valence-corrected chi connectivity index (χ2v) is 7.69. The average Bonchev–Trinajstić information content (AvgIpc) is 3.29. The predicted octanol–water partition coefficient (Wildman–Crippen LogP) is 2.91. The molecule has 0 saturated carbocycles. The molecule has 2 N–H and O–H groups in total. The van der Waals surface area contributed by atoms with Crippen LogP contribution in [0.15, 0.2) is 73.9 Å². The maximum absolute atomic E-state index is 12.1. The molecule has 0 saturated heterocycles. The van der Waals surface area contributed by atoms with Gasteiger partial charge < -0.3 is 4.42 Å². The largest absolute Gasteiger partial charge is 0.463 e. The van der Waals surface area contributed by atoms with Crippen LogP contribution < -0.4 is 10.1 Å². The molecule has 1 aromatic carbocycles. The van der Waals surface area contributed by atoms with Crippen LogP contribution in [0.25, 0.3) is 0 Å². The van der Waals surface area contributed by atoms with E-state index >= 15 is 0 Å². The first-order chi connectivity index (χ1) is 12.0. The van der Waals surface area contributed by atoms with Gasteiger partial charge in [-0.15, -0.1) is 11.3 Å². The van der Waals surface area contributed by atoms with Crippen LogP contribution in [0.5, 0.6) is 0 Å². The molecule has 25 heavy (non-hydrogen) atoms. The maximum Gasteiger partial charge on any atom is 0.271 e. The Balaban J connectivity index is 1.63. The van der Waals surface area contributed by atoms with Gasteiger partial charge in [0.1, 0.15) is 9.97 Å². The molecule has 0 spiro atoms. The zero-order chi connectivity index (χ0) is 17.7. The molecule has 7 nitrogen and oxygen atoms in total. The Morgan fingerprint density at radius 2 is 1.92 bits per heavy atom. The van der Waals surface area contributed by atoms with E-state index in [9.17, 15) is 13.2 Å². The number of sulfonamides is 1. The zero-order valence-corrected chi connectivity index (χ0v) is 14.4. The van der Waals surface area contributed by atoms with E-state index in [0.29, 0.717) is 17.0 Å². The van der Waals surface area contributed by atoms with E-state index in [1.807, 2.05) is 0 Å². The number of hydrogen-bond donors (Lipinski definition) is 2. The lowest BCUT2D eigenvalue weighted by Gasteiger charge is -2.07. The molecule has 0 radical (unpaired) electrons. The second-order valence-electron chi connectivity index (χ2n) is 4.83. The Morgan fingerprint density at radius 3 is 2.56 bits per heavy atom. The van der Waals surface area contributed by atoms with Crippen molar-refractivity contribution in [1.82, 2.24) is 5.43 Å². The number of anilines is 1. The Labute approximate surface area is 148 Å². The summed E-state index contributed by atoms with van der Waals surface area (Å²) in [6.07, 6.45) is 2.88. The van der Waals surface area contributed by atoms with Gasteiger partial charge in [-0.05, 0) is 47.8 Å². The predicted molar refractivity (Wildman–Crippen MR) is 95.3 cm³/mol. The highest BCUT2D eigenvalue weighted by Crippen LogP contribution is 2.20. The summed E-state index contributed by atoms with van der Waals surface area (Å²) < 4.78 is 32.0. The van der Waals surface area contributed by atoms with Crippen molar-refractivity contribution in [3.05, 3.63) is 71.5 Å². The van der Waals surface area contributed by atoms with E-state index in [0.717, 1.165) is 11.3 Å². The minimum Gasteiger partial charge on any atom is -0.463 e. The molecule has 0 atom stereocenters. The highest BCUT2D eigenvalue weighted by molar-refractivity contribution is 7.94. The first kappa shape index (κ1) is 16.9. The molecule has 2 aromatic heterocycles. The molecule has 0 aliphatic rings. The summed E-state index contributed by atoms with van der Waals surface area (Å²) in [5.41, 5.74) is 3.07. The van der Waals surface area contributed by atoms with Gasteiger partial charge >= 0.3 is 0 Å². The Morgan fingerprint density at radius 1 is 1.12 bits per heavy atom. The molecule has 0 aliphatic heterocycles. The summed E-state index contributed by atoms with van der Waals surface area (Å²) in [6, 6.07) is 12.6. The molecule has 1 amide bonds. The molecule has 0 bridgehead atoms. The molecule has 3 aromatic rings. The summed E-state index contributed by atoms with van der Waals surface area (Å²) in [5, 5.41) is 5.46. The van der Waals surface area contributed by atoms with Crippen molar-refractivity contribution in [2.24, 2.45) is 5.10 Å². The molecular formula is C16H13N3O4S2. The van der Waals surface area contributed by atoms with Crippen molar-refractivity contribution in [3.8, 4) is 0 Å². The van der Waals surface area contributed by atoms with Crippen LogP contribution in [0.1, 0.15) is 16.1 Å². The first-order valence-electron chi connectivity index (χ1n) is 7.08. The van der Waals surface area contributed by atoms with Crippen molar-refractivity contribution >= 4 is 39.2 Å². The zero-order valence-electron chi connectivity index (χ0n) is 12.7. The van der Waals surface area contributed by atoms with Crippen LogP contribution in [0.3, 0.4) is 0 Å². The Hall–Kier alpha value is -2.91. The number of amides is 1. The lowest BCUT2D eigenvalue weighted by atomic mass is 10.2. The van der Waals surface area contributed by atoms with Gasteiger partial charge in [0.05, 0.1) is 12.5 Å². The minimum absolute atomic E-state index is 0.224. The van der Waals surface area contributed by atoms with E-state index < -0.39 is 15.9 Å². The quantitative estimate of drug-likeness (QED) is 0.511. The third-order valence-corrected chi connectivity index (χ3v) is 5.84. The molecule has 9 heteroatoms. The van der Waals surface area contributed by atoms with Crippen molar-refractivity contribution in [1.29, 1.82) is 0 Å². The van der Waals surface area contributed by atoms with Gasteiger partial charge in [0.25, 0.3) is 15.9 Å². The number of benzene rings is 1. The SMILES string of the molecule is O=C(N/N=C/c1ccco1)c1ccc(NS(=O)(=O)c2cccs2)cc1. The highest BCUT2D eigenvalue weighted by atomic mass is 32.2. The van der Waals surface area contributed by atoms with Crippen molar-refractivity contribution in [3.63, 3.8) is 0 Å². The number of rotatable bonds is 6. The Kier molecular flexibility index (Phi) is 4.96. The summed E-state index contributed by atoms with van der Waals surface area (Å²) in [5.74, 6) is 0.0918. The molecule has 128 valence electrons. The van der Waals surface area contributed by atoms with Crippen LogP contribution in [0.4, 0.5) is 5.69 Å². The first-order valence-corrected chi connectivity index (χ1v) is 9.44. The van der Waals surface area contributed by atoms with Crippen molar-refractivity contribution in [2.45, 2.75) is 4.21 Å². The van der Waals surface area contributed by atoms with Crippen molar-refractivity contribution < 1.29 is 17.6 Å². The molecular weight excluding hydrogens is 362 g/mol. The van der Waals surface area contributed by atoms with Gasteiger partial charge in [-0.3, -0.25) is 9.52 Å². The van der Waals surface area contributed by atoms with Gasteiger partial charge in [0, 0.05) is 11.3 Å². The van der Waals surface area contributed by atoms with Gasteiger partial charge in [-0.1, -0.05) is 6.07 Å². The van der Waals surface area contributed by atoms with Crippen LogP contribution in [0, 0.1) is 0 Å². The van der Waals surface area contributed by atoms with Gasteiger partial charge in [0.15, 0.2) is 0 Å². The fraction of sp³-hybridized carbons (Fsp3) is 0. The number of nitrogens with zero attached hydrogens (tertiary/aromatic N) is 1. The highest BCUT2D eigenvalue weighted by Gasteiger charge is 2.15. The number of carbonyl (C=O) groups is 1. The van der Waals surface area contributed by atoms with E-state index in [1.54, 1.807) is 23.6 Å². The number of hydrazone groups is 1. The van der Waals surface area contributed by atoms with Crippen LogP contribution >= 0.6 is 11.3 Å². The summed E-state index contributed by atoms with van der Waals surface area (Å²) in [4.78, 5) is 12.0. The van der Waals surface area contributed by atoms with Gasteiger partial charge in [-0.25, -0.2) is 13.8 Å². The van der Waals surface area contributed by atoms with Crippen LogP contribution in [-0.4, -0.2) is 20.5 Å². The molecule has 0 fully saturated rings. The van der Waals surface area contributed by atoms with Crippen LogP contribution in [-0.2, 0) is 10.0 Å². The lowest BCUT2D eigenvalue weighted by molar-refractivity contribution is 0.0955. The summed E-state index contributed by atoms with van der Waals surface area (Å²) in [7, 11) is -3.61. The topological polar surface area (TPSA) is 101 Å². The van der Waals surface area contributed by atoms with E-state index in [-0.39, 0.29) is 4.21 Å². The standard InChI is InChI=1S/C16H13N3O4S2/c20-16(18-17-11-14-3-1-9-23-14)12-5-7-13(8-6-12)19-25(21,22)15-4-2-10-24-15/h1-11,19H,(H,18,20)/b17-11+. The second kappa shape index (κ2) is 7.32. The normalized spacial score (nSPS) is 11.5. The number of nitrogens with one attached hydrogen (secondary N) is 2. The average molecular weight is 375 g/mol. The van der Waals surface area contributed by atoms with E-state index in [2.05, 4.69) is 15.2 Å².